The van der Waals surface area contributed by atoms with Crippen LogP contribution in [0.3, 0.4) is 0 Å². The van der Waals surface area contributed by atoms with Gasteiger partial charge in [0.25, 0.3) is 11.1 Å². The maximum absolute atomic E-state index is 13.5. The molecule has 1 saturated carbocycles. The second-order valence-corrected chi connectivity index (χ2v) is 10.3. The van der Waals surface area contributed by atoms with Crippen LogP contribution in [0.5, 0.6) is 0 Å². The van der Waals surface area contributed by atoms with Crippen LogP contribution in [-0.4, -0.2) is 42.9 Å². The third kappa shape index (κ3) is 4.85. The molecule has 2 amide bonds. The Morgan fingerprint density at radius 3 is 2.70 bits per heavy atom. The Morgan fingerprint density at radius 2 is 1.97 bits per heavy atom. The van der Waals surface area contributed by atoms with Gasteiger partial charge in [-0.3, -0.25) is 24.0 Å². The number of hydrogen-bond donors (Lipinski definition) is 1. The van der Waals surface area contributed by atoms with Crippen LogP contribution in [0.4, 0.5) is 18.0 Å². The summed E-state index contributed by atoms with van der Waals surface area (Å²) in [6, 6.07) is 8.02. The van der Waals surface area contributed by atoms with E-state index in [-0.39, 0.29) is 22.0 Å². The number of carboxylic acid groups (broad SMARTS) is 1. The number of halogens is 4. The van der Waals surface area contributed by atoms with Gasteiger partial charge >= 0.3 is 12.1 Å². The van der Waals surface area contributed by atoms with Crippen molar-refractivity contribution in [2.75, 3.05) is 0 Å². The molecule has 2 fully saturated rings. The van der Waals surface area contributed by atoms with Crippen molar-refractivity contribution in [2.45, 2.75) is 38.0 Å². The van der Waals surface area contributed by atoms with E-state index in [2.05, 4.69) is 5.10 Å². The fraction of sp³-hybridized carbons (Fsp3) is 0.280. The zero-order valence-corrected chi connectivity index (χ0v) is 20.6. The van der Waals surface area contributed by atoms with Gasteiger partial charge in [0, 0.05) is 10.4 Å². The molecule has 12 heteroatoms. The predicted octanol–water partition coefficient (Wildman–Crippen LogP) is 6.05. The number of benzene rings is 2. The van der Waals surface area contributed by atoms with Gasteiger partial charge in [-0.05, 0) is 66.1 Å². The van der Waals surface area contributed by atoms with E-state index in [4.69, 9.17) is 11.6 Å². The number of nitrogens with zero attached hydrogens (tertiary/aromatic N) is 3. The maximum Gasteiger partial charge on any atom is 0.416 e. The van der Waals surface area contributed by atoms with Gasteiger partial charge in [0.1, 0.15) is 0 Å². The third-order valence-corrected chi connectivity index (χ3v) is 7.73. The summed E-state index contributed by atoms with van der Waals surface area (Å²) in [5.41, 5.74) is 0.374. The Morgan fingerprint density at radius 1 is 1.19 bits per heavy atom. The summed E-state index contributed by atoms with van der Waals surface area (Å²) in [4.78, 5) is 38.4. The number of fused-ring (bicyclic) bond motifs is 1. The number of alkyl halides is 3. The van der Waals surface area contributed by atoms with Crippen molar-refractivity contribution in [2.24, 2.45) is 5.92 Å². The van der Waals surface area contributed by atoms with Crippen LogP contribution in [0, 0.1) is 5.92 Å². The molecule has 0 bridgehead atoms. The first-order valence-electron chi connectivity index (χ1n) is 11.3. The molecule has 1 saturated heterocycles. The number of carboxylic acids is 1. The normalized spacial score (nSPS) is 21.5. The second kappa shape index (κ2) is 9.53. The lowest BCUT2D eigenvalue weighted by molar-refractivity contribution is -0.143. The summed E-state index contributed by atoms with van der Waals surface area (Å²) < 4.78 is 41.9. The molecule has 1 aliphatic carbocycles. The van der Waals surface area contributed by atoms with Gasteiger partial charge in [-0.2, -0.15) is 18.3 Å². The molecule has 2 aliphatic rings. The maximum atomic E-state index is 13.5. The summed E-state index contributed by atoms with van der Waals surface area (Å²) in [6.07, 6.45) is -0.00414. The molecule has 7 nitrogen and oxygen atoms in total. The zero-order valence-electron chi connectivity index (χ0n) is 19.0. The van der Waals surface area contributed by atoms with E-state index in [9.17, 15) is 32.7 Å². The van der Waals surface area contributed by atoms with E-state index in [1.54, 1.807) is 24.3 Å². The van der Waals surface area contributed by atoms with E-state index >= 15 is 0 Å². The Bertz CT molecular complexity index is 1470. The van der Waals surface area contributed by atoms with Crippen molar-refractivity contribution in [3.63, 3.8) is 0 Å². The SMILES string of the molecule is O=C(O)[C@@H]1CCC[C@H]1N1C(=O)SC(=Cc2ccc3c(cnn3Cc3ccc(Cl)cc3C(F)(F)F)c2)C1=O. The van der Waals surface area contributed by atoms with Crippen molar-refractivity contribution in [1.29, 1.82) is 0 Å². The predicted molar refractivity (Wildman–Crippen MR) is 132 cm³/mol. The fourth-order valence-corrected chi connectivity index (χ4v) is 5.95. The molecular formula is C25H19ClF3N3O4S. The first-order valence-corrected chi connectivity index (χ1v) is 12.5. The molecule has 2 atom stereocenters. The first kappa shape index (κ1) is 25.3. The molecule has 0 spiro atoms. The topological polar surface area (TPSA) is 92.5 Å². The number of thioether (sulfide) groups is 1. The molecule has 1 N–H and O–H groups in total. The smallest absolute Gasteiger partial charge is 0.416 e. The van der Waals surface area contributed by atoms with Crippen LogP contribution >= 0.6 is 23.4 Å². The Labute approximate surface area is 217 Å². The number of aromatic nitrogens is 2. The summed E-state index contributed by atoms with van der Waals surface area (Å²) in [6.45, 7) is -0.125. The van der Waals surface area contributed by atoms with E-state index in [1.807, 2.05) is 0 Å². The number of carbonyl (C=O) groups excluding carboxylic acids is 2. The van der Waals surface area contributed by atoms with E-state index in [0.29, 0.717) is 35.7 Å². The fourth-order valence-electron chi connectivity index (χ4n) is 4.89. The van der Waals surface area contributed by atoms with Gasteiger partial charge in [0.15, 0.2) is 0 Å². The number of hydrogen-bond acceptors (Lipinski definition) is 5. The van der Waals surface area contributed by atoms with Crippen LogP contribution < -0.4 is 0 Å². The lowest BCUT2D eigenvalue weighted by Gasteiger charge is -2.24. The number of amides is 2. The molecule has 37 heavy (non-hydrogen) atoms. The third-order valence-electron chi connectivity index (χ3n) is 6.61. The minimum absolute atomic E-state index is 0.0122. The lowest BCUT2D eigenvalue weighted by atomic mass is 10.0. The number of imide groups is 1. The van der Waals surface area contributed by atoms with Gasteiger partial charge < -0.3 is 5.11 Å². The van der Waals surface area contributed by atoms with Gasteiger partial charge in [0.2, 0.25) is 0 Å². The molecule has 2 aromatic carbocycles. The summed E-state index contributed by atoms with van der Waals surface area (Å²) in [7, 11) is 0. The largest absolute Gasteiger partial charge is 0.481 e. The minimum Gasteiger partial charge on any atom is -0.481 e. The Hall–Kier alpha value is -3.31. The van der Waals surface area contributed by atoms with Crippen molar-refractivity contribution in [3.8, 4) is 0 Å². The molecule has 1 aliphatic heterocycles. The average molecular weight is 550 g/mol. The highest BCUT2D eigenvalue weighted by molar-refractivity contribution is 8.18. The van der Waals surface area contributed by atoms with E-state index in [0.717, 1.165) is 22.7 Å². The molecule has 2 heterocycles. The molecule has 5 rings (SSSR count). The van der Waals surface area contributed by atoms with Gasteiger partial charge in [-0.15, -0.1) is 0 Å². The number of rotatable bonds is 5. The van der Waals surface area contributed by atoms with E-state index < -0.39 is 40.8 Å². The van der Waals surface area contributed by atoms with Crippen molar-refractivity contribution < 1.29 is 32.7 Å². The second-order valence-electron chi connectivity index (χ2n) is 8.91. The molecular weight excluding hydrogens is 531 g/mol. The Kier molecular flexibility index (Phi) is 6.53. The summed E-state index contributed by atoms with van der Waals surface area (Å²) in [5, 5.41) is 13.8. The first-order chi connectivity index (χ1) is 17.5. The van der Waals surface area contributed by atoms with Crippen LogP contribution in [-0.2, 0) is 22.3 Å². The molecule has 0 unspecified atom stereocenters. The van der Waals surface area contributed by atoms with Crippen molar-refractivity contribution >= 4 is 57.5 Å². The average Bonchev–Trinajstić information content (AvgIpc) is 3.52. The zero-order chi connectivity index (χ0) is 26.5. The highest BCUT2D eigenvalue weighted by Crippen LogP contribution is 2.40. The Balaban J connectivity index is 1.40. The van der Waals surface area contributed by atoms with E-state index in [1.165, 1.54) is 23.0 Å². The highest BCUT2D eigenvalue weighted by atomic mass is 35.5. The number of aliphatic carboxylic acids is 1. The summed E-state index contributed by atoms with van der Waals surface area (Å²) >= 11 is 6.53. The molecule has 1 aromatic heterocycles. The monoisotopic (exact) mass is 549 g/mol. The van der Waals surface area contributed by atoms with Crippen molar-refractivity contribution in [1.82, 2.24) is 14.7 Å². The van der Waals surface area contributed by atoms with Crippen LogP contribution in [0.2, 0.25) is 5.02 Å². The van der Waals surface area contributed by atoms with Crippen molar-refractivity contribution in [3.05, 3.63) is 69.2 Å². The van der Waals surface area contributed by atoms with Crippen LogP contribution in [0.15, 0.2) is 47.5 Å². The van der Waals surface area contributed by atoms with Crippen LogP contribution in [0.1, 0.15) is 36.0 Å². The van der Waals surface area contributed by atoms with Gasteiger partial charge in [0.05, 0.1) is 40.7 Å². The molecule has 0 radical (unpaired) electrons. The van der Waals surface area contributed by atoms with Crippen LogP contribution in [0.25, 0.3) is 17.0 Å². The number of carbonyl (C=O) groups is 3. The van der Waals surface area contributed by atoms with Gasteiger partial charge in [-0.1, -0.05) is 30.2 Å². The minimum atomic E-state index is -4.57. The highest BCUT2D eigenvalue weighted by Gasteiger charge is 2.46. The quantitative estimate of drug-likeness (QED) is 0.390. The summed E-state index contributed by atoms with van der Waals surface area (Å²) in [5.74, 6) is -2.31. The standard InChI is InChI=1S/C25H19ClF3N3O4S/c26-16-6-5-14(18(10-16)25(27,28)29)12-31-19-7-4-13(8-15(19)11-30-31)9-21-22(33)32(24(36)37-21)20-3-1-2-17(20)23(34)35/h4-11,17,20H,1-3,12H2,(H,34,35)/t17-,20-/m1/s1. The molecule has 192 valence electrons. The van der Waals surface area contributed by atoms with Gasteiger partial charge in [-0.25, -0.2) is 0 Å². The lowest BCUT2D eigenvalue weighted by Crippen LogP contribution is -2.43. The molecule has 3 aromatic rings.